The summed E-state index contributed by atoms with van der Waals surface area (Å²) in [4.78, 5) is 0.627. The first kappa shape index (κ1) is 13.3. The summed E-state index contributed by atoms with van der Waals surface area (Å²) >= 11 is 1.45. The lowest BCUT2D eigenvalue weighted by Gasteiger charge is -2.07. The Balaban J connectivity index is 2.27. The topological polar surface area (TPSA) is 35.2 Å². The normalized spacial score (nSPS) is 11.0. The molecule has 2 N–H and O–H groups in total. The van der Waals surface area contributed by atoms with Crippen molar-refractivity contribution >= 4 is 17.4 Å². The molecule has 0 aliphatic carbocycles. The maximum absolute atomic E-state index is 13.3. The van der Waals surface area contributed by atoms with E-state index < -0.39 is 0 Å². The van der Waals surface area contributed by atoms with Crippen molar-refractivity contribution in [1.82, 2.24) is 0 Å². The molecular weight excluding hydrogens is 225 g/mol. The Morgan fingerprint density at radius 1 is 1.44 bits per heavy atom. The zero-order chi connectivity index (χ0) is 12.0. The maximum Gasteiger partial charge on any atom is 0.138 e. The highest BCUT2D eigenvalue weighted by Crippen LogP contribution is 2.23. The standard InChI is InChI=1S/C12H18FNOS/c1-9(2)8-15-5-6-16-12-4-3-10(14)7-11(12)13/h3-4,7,9H,5-6,8,14H2,1-2H3. The van der Waals surface area contributed by atoms with E-state index >= 15 is 0 Å². The third-order valence-electron chi connectivity index (χ3n) is 1.89. The van der Waals surface area contributed by atoms with Crippen molar-refractivity contribution in [1.29, 1.82) is 0 Å². The van der Waals surface area contributed by atoms with Gasteiger partial charge in [0.25, 0.3) is 0 Å². The van der Waals surface area contributed by atoms with Crippen LogP contribution >= 0.6 is 11.8 Å². The van der Waals surface area contributed by atoms with Crippen molar-refractivity contribution in [2.45, 2.75) is 18.7 Å². The van der Waals surface area contributed by atoms with Crippen LogP contribution in [0.5, 0.6) is 0 Å². The van der Waals surface area contributed by atoms with Crippen LogP contribution in [0.2, 0.25) is 0 Å². The second-order valence-corrected chi connectivity index (χ2v) is 5.14. The van der Waals surface area contributed by atoms with E-state index in [0.717, 1.165) is 12.4 Å². The number of rotatable bonds is 6. The molecule has 2 nitrogen and oxygen atoms in total. The summed E-state index contributed by atoms with van der Waals surface area (Å²) in [6.07, 6.45) is 0. The molecule has 90 valence electrons. The molecule has 0 radical (unpaired) electrons. The van der Waals surface area contributed by atoms with Crippen LogP contribution in [0.4, 0.5) is 10.1 Å². The molecule has 1 aromatic carbocycles. The van der Waals surface area contributed by atoms with Gasteiger partial charge in [0.15, 0.2) is 0 Å². The summed E-state index contributed by atoms with van der Waals surface area (Å²) < 4.78 is 18.8. The average molecular weight is 243 g/mol. The molecular formula is C12H18FNOS. The molecule has 0 heterocycles. The van der Waals surface area contributed by atoms with Gasteiger partial charge in [-0.25, -0.2) is 4.39 Å². The quantitative estimate of drug-likeness (QED) is 0.473. The summed E-state index contributed by atoms with van der Waals surface area (Å²) in [6, 6.07) is 4.76. The summed E-state index contributed by atoms with van der Waals surface area (Å²) in [5.74, 6) is 1.04. The first-order valence-corrected chi connectivity index (χ1v) is 6.33. The molecule has 0 aromatic heterocycles. The maximum atomic E-state index is 13.3. The van der Waals surface area contributed by atoms with E-state index in [4.69, 9.17) is 10.5 Å². The van der Waals surface area contributed by atoms with Crippen molar-refractivity contribution in [2.24, 2.45) is 5.92 Å². The Hall–Kier alpha value is -0.740. The average Bonchev–Trinajstić information content (AvgIpc) is 2.20. The summed E-state index contributed by atoms with van der Waals surface area (Å²) in [5.41, 5.74) is 5.92. The number of hydrogen-bond donors (Lipinski definition) is 1. The van der Waals surface area contributed by atoms with Gasteiger partial charge in [-0.3, -0.25) is 0 Å². The molecule has 0 spiro atoms. The number of anilines is 1. The van der Waals surface area contributed by atoms with Gasteiger partial charge in [-0.2, -0.15) is 0 Å². The van der Waals surface area contributed by atoms with Crippen molar-refractivity contribution < 1.29 is 9.13 Å². The molecule has 0 aliphatic heterocycles. The lowest BCUT2D eigenvalue weighted by molar-refractivity contribution is 0.124. The van der Waals surface area contributed by atoms with Crippen molar-refractivity contribution in [3.8, 4) is 0 Å². The lowest BCUT2D eigenvalue weighted by Crippen LogP contribution is -2.04. The largest absolute Gasteiger partial charge is 0.399 e. The van der Waals surface area contributed by atoms with Crippen molar-refractivity contribution in [3.05, 3.63) is 24.0 Å². The second-order valence-electron chi connectivity index (χ2n) is 4.01. The predicted molar refractivity (Wildman–Crippen MR) is 67.2 cm³/mol. The fraction of sp³-hybridized carbons (Fsp3) is 0.500. The Morgan fingerprint density at radius 3 is 2.81 bits per heavy atom. The SMILES string of the molecule is CC(C)COCCSc1ccc(N)cc1F. The fourth-order valence-electron chi connectivity index (χ4n) is 1.16. The number of nitrogen functional groups attached to an aromatic ring is 1. The minimum Gasteiger partial charge on any atom is -0.399 e. The van der Waals surface area contributed by atoms with E-state index in [1.54, 1.807) is 12.1 Å². The van der Waals surface area contributed by atoms with Gasteiger partial charge in [0.1, 0.15) is 5.82 Å². The van der Waals surface area contributed by atoms with E-state index in [2.05, 4.69) is 13.8 Å². The van der Waals surface area contributed by atoms with Crippen molar-refractivity contribution in [2.75, 3.05) is 24.7 Å². The molecule has 0 saturated carbocycles. The Morgan fingerprint density at radius 2 is 2.19 bits per heavy atom. The fourth-order valence-corrected chi connectivity index (χ4v) is 1.95. The van der Waals surface area contributed by atoms with Crippen LogP contribution in [0.25, 0.3) is 0 Å². The molecule has 0 bridgehead atoms. The van der Waals surface area contributed by atoms with Crippen LogP contribution < -0.4 is 5.73 Å². The van der Waals surface area contributed by atoms with Crippen LogP contribution in [-0.2, 0) is 4.74 Å². The van der Waals surface area contributed by atoms with Crippen LogP contribution in [0.3, 0.4) is 0 Å². The molecule has 1 rings (SSSR count). The van der Waals surface area contributed by atoms with Gasteiger partial charge in [-0.05, 0) is 24.1 Å². The van der Waals surface area contributed by atoms with Crippen LogP contribution in [0.15, 0.2) is 23.1 Å². The zero-order valence-electron chi connectivity index (χ0n) is 9.70. The number of halogens is 1. The van der Waals surface area contributed by atoms with Gasteiger partial charge >= 0.3 is 0 Å². The van der Waals surface area contributed by atoms with Crippen LogP contribution in [0.1, 0.15) is 13.8 Å². The highest BCUT2D eigenvalue weighted by Gasteiger charge is 2.03. The van der Waals surface area contributed by atoms with Crippen LogP contribution in [-0.4, -0.2) is 19.0 Å². The van der Waals surface area contributed by atoms with Gasteiger partial charge in [0.2, 0.25) is 0 Å². The van der Waals surface area contributed by atoms with E-state index in [1.807, 2.05) is 0 Å². The first-order chi connectivity index (χ1) is 7.59. The van der Waals surface area contributed by atoms with Gasteiger partial charge in [-0.1, -0.05) is 13.8 Å². The minimum absolute atomic E-state index is 0.256. The third-order valence-corrected chi connectivity index (χ3v) is 2.91. The monoisotopic (exact) mass is 243 g/mol. The van der Waals surface area contributed by atoms with Gasteiger partial charge in [0, 0.05) is 22.9 Å². The number of ether oxygens (including phenoxy) is 1. The molecule has 4 heteroatoms. The molecule has 0 fully saturated rings. The van der Waals surface area contributed by atoms with E-state index in [-0.39, 0.29) is 5.82 Å². The highest BCUT2D eigenvalue weighted by atomic mass is 32.2. The summed E-state index contributed by atoms with van der Waals surface area (Å²) in [6.45, 7) is 5.61. The molecule has 16 heavy (non-hydrogen) atoms. The minimum atomic E-state index is -0.256. The number of nitrogens with two attached hydrogens (primary N) is 1. The van der Waals surface area contributed by atoms with Crippen molar-refractivity contribution in [3.63, 3.8) is 0 Å². The number of thioether (sulfide) groups is 1. The molecule has 1 aromatic rings. The summed E-state index contributed by atoms with van der Waals surface area (Å²) in [7, 11) is 0. The third kappa shape index (κ3) is 4.86. The molecule has 0 aliphatic rings. The number of hydrogen-bond acceptors (Lipinski definition) is 3. The molecule has 0 atom stereocenters. The van der Waals surface area contributed by atoms with Crippen LogP contribution in [0, 0.1) is 11.7 Å². The molecule has 0 amide bonds. The Labute approximate surface area is 100 Å². The van der Waals surface area contributed by atoms with Gasteiger partial charge in [0.05, 0.1) is 6.61 Å². The Kier molecular flexibility index (Phi) is 5.63. The number of benzene rings is 1. The summed E-state index contributed by atoms with van der Waals surface area (Å²) in [5, 5.41) is 0. The molecule has 0 unspecified atom stereocenters. The molecule has 0 saturated heterocycles. The second kappa shape index (κ2) is 6.76. The smallest absolute Gasteiger partial charge is 0.138 e. The highest BCUT2D eigenvalue weighted by molar-refractivity contribution is 7.99. The van der Waals surface area contributed by atoms with E-state index in [9.17, 15) is 4.39 Å². The van der Waals surface area contributed by atoms with Gasteiger partial charge in [-0.15, -0.1) is 11.8 Å². The first-order valence-electron chi connectivity index (χ1n) is 5.35. The van der Waals surface area contributed by atoms with E-state index in [1.165, 1.54) is 17.8 Å². The predicted octanol–water partition coefficient (Wildman–Crippen LogP) is 3.17. The lowest BCUT2D eigenvalue weighted by atomic mass is 10.2. The van der Waals surface area contributed by atoms with Gasteiger partial charge < -0.3 is 10.5 Å². The zero-order valence-corrected chi connectivity index (χ0v) is 10.5. The van der Waals surface area contributed by atoms with E-state index in [0.29, 0.717) is 23.1 Å². The Bertz CT molecular complexity index is 331.